The zero-order chi connectivity index (χ0) is 17.7. The van der Waals surface area contributed by atoms with Gasteiger partial charge in [-0.15, -0.1) is 0 Å². The minimum Gasteiger partial charge on any atom is -0.340 e. The maximum absolute atomic E-state index is 11.9. The molecule has 0 unspecified atom stereocenters. The van der Waals surface area contributed by atoms with Crippen molar-refractivity contribution in [1.29, 1.82) is 0 Å². The fourth-order valence-electron chi connectivity index (χ4n) is 2.43. The van der Waals surface area contributed by atoms with Gasteiger partial charge >= 0.3 is 0 Å². The molecule has 0 bridgehead atoms. The molecule has 1 aromatic heterocycles. The number of para-hydroxylation sites is 1. The van der Waals surface area contributed by atoms with E-state index in [4.69, 9.17) is 0 Å². The molecule has 0 radical (unpaired) electrons. The van der Waals surface area contributed by atoms with Gasteiger partial charge in [-0.25, -0.2) is 18.4 Å². The average molecular weight is 356 g/mol. The van der Waals surface area contributed by atoms with Crippen LogP contribution in [0.15, 0.2) is 54.9 Å². The Labute approximate surface area is 147 Å². The third-order valence-electron chi connectivity index (χ3n) is 3.73. The first-order valence-electron chi connectivity index (χ1n) is 8.15. The third kappa shape index (κ3) is 4.45. The Bertz CT molecular complexity index is 951. The zero-order valence-electron chi connectivity index (χ0n) is 13.9. The molecule has 2 aromatic carbocycles. The van der Waals surface area contributed by atoms with E-state index < -0.39 is 10.0 Å². The SMILES string of the molecule is CCCCS(=O)(=O)Nc1ccc(Nc2ncnc3ccccc23)cc1. The van der Waals surface area contributed by atoms with Gasteiger partial charge < -0.3 is 5.32 Å². The lowest BCUT2D eigenvalue weighted by atomic mass is 10.2. The number of benzene rings is 2. The van der Waals surface area contributed by atoms with Crippen molar-refractivity contribution < 1.29 is 8.42 Å². The van der Waals surface area contributed by atoms with Crippen molar-refractivity contribution in [1.82, 2.24) is 9.97 Å². The summed E-state index contributed by atoms with van der Waals surface area (Å²) in [5.41, 5.74) is 2.23. The molecular formula is C18H20N4O2S. The fourth-order valence-corrected chi connectivity index (χ4v) is 3.69. The first kappa shape index (κ1) is 17.2. The Morgan fingerprint density at radius 1 is 0.960 bits per heavy atom. The van der Waals surface area contributed by atoms with E-state index in [1.165, 1.54) is 6.33 Å². The van der Waals surface area contributed by atoms with Crippen LogP contribution >= 0.6 is 0 Å². The van der Waals surface area contributed by atoms with Crippen LogP contribution in [0.5, 0.6) is 0 Å². The standard InChI is InChI=1S/C18H20N4O2S/c1-2-3-12-25(23,24)22-15-10-8-14(9-11-15)21-18-16-6-4-5-7-17(16)19-13-20-18/h4-11,13,22H,2-3,12H2,1H3,(H,19,20,21). The normalized spacial score (nSPS) is 11.4. The summed E-state index contributed by atoms with van der Waals surface area (Å²) in [6, 6.07) is 14.8. The summed E-state index contributed by atoms with van der Waals surface area (Å²) in [6.45, 7) is 1.97. The summed E-state index contributed by atoms with van der Waals surface area (Å²) in [6.07, 6.45) is 3.01. The maximum Gasteiger partial charge on any atom is 0.232 e. The van der Waals surface area contributed by atoms with Crippen molar-refractivity contribution in [2.75, 3.05) is 15.8 Å². The smallest absolute Gasteiger partial charge is 0.232 e. The number of anilines is 3. The fraction of sp³-hybridized carbons (Fsp3) is 0.222. The van der Waals surface area contributed by atoms with Crippen LogP contribution in [0.2, 0.25) is 0 Å². The van der Waals surface area contributed by atoms with Gasteiger partial charge in [-0.1, -0.05) is 25.5 Å². The number of aromatic nitrogens is 2. The molecule has 3 rings (SSSR count). The van der Waals surface area contributed by atoms with Crippen LogP contribution < -0.4 is 10.0 Å². The number of sulfonamides is 1. The first-order valence-corrected chi connectivity index (χ1v) is 9.80. The first-order chi connectivity index (χ1) is 12.1. The van der Waals surface area contributed by atoms with E-state index in [0.717, 1.165) is 23.0 Å². The average Bonchev–Trinajstić information content (AvgIpc) is 2.62. The Morgan fingerprint density at radius 2 is 1.68 bits per heavy atom. The maximum atomic E-state index is 11.9. The van der Waals surface area contributed by atoms with Gasteiger partial charge in [0.1, 0.15) is 12.1 Å². The highest BCUT2D eigenvalue weighted by Gasteiger charge is 2.09. The molecule has 0 amide bonds. The van der Waals surface area contributed by atoms with E-state index in [1.54, 1.807) is 12.1 Å². The van der Waals surface area contributed by atoms with Crippen molar-refractivity contribution in [2.45, 2.75) is 19.8 Å². The van der Waals surface area contributed by atoms with Crippen molar-refractivity contribution in [2.24, 2.45) is 0 Å². The summed E-state index contributed by atoms with van der Waals surface area (Å²) >= 11 is 0. The number of unbranched alkanes of at least 4 members (excludes halogenated alkanes) is 1. The van der Waals surface area contributed by atoms with Gasteiger partial charge in [-0.05, 0) is 42.8 Å². The Morgan fingerprint density at radius 3 is 2.44 bits per heavy atom. The van der Waals surface area contributed by atoms with Gasteiger partial charge in [0.15, 0.2) is 0 Å². The lowest BCUT2D eigenvalue weighted by Crippen LogP contribution is -2.16. The molecule has 1 heterocycles. The lowest BCUT2D eigenvalue weighted by molar-refractivity contribution is 0.598. The molecule has 0 aliphatic heterocycles. The van der Waals surface area contributed by atoms with E-state index in [-0.39, 0.29) is 5.75 Å². The lowest BCUT2D eigenvalue weighted by Gasteiger charge is -2.10. The van der Waals surface area contributed by atoms with Crippen LogP contribution in [0.1, 0.15) is 19.8 Å². The Hall–Kier alpha value is -2.67. The van der Waals surface area contributed by atoms with Crippen molar-refractivity contribution in [3.05, 3.63) is 54.9 Å². The molecule has 0 atom stereocenters. The quantitative estimate of drug-likeness (QED) is 0.670. The van der Waals surface area contributed by atoms with Gasteiger partial charge in [0, 0.05) is 16.8 Å². The molecule has 0 aliphatic carbocycles. The third-order valence-corrected chi connectivity index (χ3v) is 5.10. The van der Waals surface area contributed by atoms with Crippen LogP contribution in [0.3, 0.4) is 0 Å². The Kier molecular flexibility index (Phi) is 5.14. The van der Waals surface area contributed by atoms with Crippen molar-refractivity contribution in [3.8, 4) is 0 Å². The highest BCUT2D eigenvalue weighted by Crippen LogP contribution is 2.23. The van der Waals surface area contributed by atoms with Crippen molar-refractivity contribution >= 4 is 38.1 Å². The second-order valence-electron chi connectivity index (χ2n) is 5.72. The number of fused-ring (bicyclic) bond motifs is 1. The number of rotatable bonds is 7. The number of nitrogens with one attached hydrogen (secondary N) is 2. The molecule has 7 heteroatoms. The topological polar surface area (TPSA) is 84.0 Å². The van der Waals surface area contributed by atoms with Crippen LogP contribution in [0.4, 0.5) is 17.2 Å². The predicted octanol–water partition coefficient (Wildman–Crippen LogP) is 3.92. The summed E-state index contributed by atoms with van der Waals surface area (Å²) in [5.74, 6) is 0.845. The minimum absolute atomic E-state index is 0.135. The van der Waals surface area contributed by atoms with E-state index >= 15 is 0 Å². The van der Waals surface area contributed by atoms with E-state index in [9.17, 15) is 8.42 Å². The second-order valence-corrected chi connectivity index (χ2v) is 7.56. The molecule has 25 heavy (non-hydrogen) atoms. The summed E-state index contributed by atoms with van der Waals surface area (Å²) < 4.78 is 26.5. The minimum atomic E-state index is -3.29. The molecule has 2 N–H and O–H groups in total. The van der Waals surface area contributed by atoms with Crippen molar-refractivity contribution in [3.63, 3.8) is 0 Å². The monoisotopic (exact) mass is 356 g/mol. The summed E-state index contributed by atoms with van der Waals surface area (Å²) in [4.78, 5) is 8.52. The number of nitrogens with zero attached hydrogens (tertiary/aromatic N) is 2. The molecule has 0 fully saturated rings. The molecule has 0 aliphatic rings. The van der Waals surface area contributed by atoms with Crippen LogP contribution in [-0.4, -0.2) is 24.1 Å². The van der Waals surface area contributed by atoms with Crippen LogP contribution in [-0.2, 0) is 10.0 Å². The van der Waals surface area contributed by atoms with Gasteiger partial charge in [0.2, 0.25) is 10.0 Å². The molecule has 0 saturated carbocycles. The van der Waals surface area contributed by atoms with Gasteiger partial charge in [-0.3, -0.25) is 4.72 Å². The second kappa shape index (κ2) is 7.48. The molecule has 3 aromatic rings. The van der Waals surface area contributed by atoms with Gasteiger partial charge in [0.05, 0.1) is 11.3 Å². The number of hydrogen-bond donors (Lipinski definition) is 2. The molecule has 0 spiro atoms. The van der Waals surface area contributed by atoms with Crippen LogP contribution in [0.25, 0.3) is 10.9 Å². The molecule has 0 saturated heterocycles. The van der Waals surface area contributed by atoms with Crippen LogP contribution in [0, 0.1) is 0 Å². The van der Waals surface area contributed by atoms with E-state index in [0.29, 0.717) is 17.9 Å². The molecular weight excluding hydrogens is 336 g/mol. The van der Waals surface area contributed by atoms with E-state index in [2.05, 4.69) is 20.0 Å². The van der Waals surface area contributed by atoms with Gasteiger partial charge in [0.25, 0.3) is 0 Å². The summed E-state index contributed by atoms with van der Waals surface area (Å²) in [7, 11) is -3.29. The number of hydrogen-bond acceptors (Lipinski definition) is 5. The highest BCUT2D eigenvalue weighted by molar-refractivity contribution is 7.92. The molecule has 130 valence electrons. The van der Waals surface area contributed by atoms with E-state index in [1.807, 2.05) is 43.3 Å². The highest BCUT2D eigenvalue weighted by atomic mass is 32.2. The Balaban J connectivity index is 1.74. The largest absolute Gasteiger partial charge is 0.340 e. The predicted molar refractivity (Wildman–Crippen MR) is 102 cm³/mol. The summed E-state index contributed by atoms with van der Waals surface area (Å²) in [5, 5.41) is 4.17. The molecule has 6 nitrogen and oxygen atoms in total. The zero-order valence-corrected chi connectivity index (χ0v) is 14.8. The van der Waals surface area contributed by atoms with Gasteiger partial charge in [-0.2, -0.15) is 0 Å².